The maximum atomic E-state index is 13.4. The summed E-state index contributed by atoms with van der Waals surface area (Å²) in [4.78, 5) is 42.2. The number of amides is 4. The average molecular weight is 524 g/mol. The van der Waals surface area contributed by atoms with Crippen LogP contribution in [0.5, 0.6) is 0 Å². The first-order valence-electron chi connectivity index (χ1n) is 11.5. The Morgan fingerprint density at radius 2 is 1.79 bits per heavy atom. The molecular formula is C27H30BrN3O3. The zero-order valence-electron chi connectivity index (χ0n) is 20.5. The number of urea groups is 1. The summed E-state index contributed by atoms with van der Waals surface area (Å²) in [5, 5.41) is 2.33. The fraction of sp³-hybridized carbons (Fsp3) is 0.370. The number of halogens is 1. The van der Waals surface area contributed by atoms with Crippen LogP contribution in [-0.2, 0) is 9.59 Å². The molecule has 2 aromatic carbocycles. The summed E-state index contributed by atoms with van der Waals surface area (Å²) in [6.45, 7) is 13.6. The Balaban J connectivity index is 1.79. The zero-order valence-corrected chi connectivity index (χ0v) is 22.0. The number of barbiturate groups is 1. The standard InChI is InChI=1S/C27H30BrN3O3/c1-7-30-23-11-15(2)18(12-20(23)17(4)14-27(30,5)6)13-21-24(32)29-26(34)31(25(21)33)22-9-8-19(28)10-16(22)3/h8-13,17H,7,14H2,1-6H3,(H,29,32,34)/b21-13+/t17-/m1/s1. The molecule has 0 spiro atoms. The van der Waals surface area contributed by atoms with Crippen LogP contribution in [0.15, 0.2) is 40.4 Å². The highest BCUT2D eigenvalue weighted by Crippen LogP contribution is 2.44. The molecule has 0 saturated carbocycles. The third-order valence-electron chi connectivity index (χ3n) is 6.89. The van der Waals surface area contributed by atoms with Gasteiger partial charge in [-0.3, -0.25) is 14.9 Å². The lowest BCUT2D eigenvalue weighted by Gasteiger charge is -2.47. The van der Waals surface area contributed by atoms with Gasteiger partial charge in [-0.2, -0.15) is 0 Å². The molecule has 7 heteroatoms. The lowest BCUT2D eigenvalue weighted by molar-refractivity contribution is -0.122. The van der Waals surface area contributed by atoms with Crippen molar-refractivity contribution in [1.82, 2.24) is 5.32 Å². The van der Waals surface area contributed by atoms with Gasteiger partial charge in [-0.05, 0) is 106 Å². The van der Waals surface area contributed by atoms with E-state index < -0.39 is 17.8 Å². The van der Waals surface area contributed by atoms with Crippen molar-refractivity contribution >= 4 is 51.2 Å². The first-order chi connectivity index (χ1) is 15.9. The number of anilines is 2. The van der Waals surface area contributed by atoms with Crippen LogP contribution in [-0.4, -0.2) is 29.9 Å². The average Bonchev–Trinajstić information content (AvgIpc) is 2.72. The molecule has 0 radical (unpaired) electrons. The van der Waals surface area contributed by atoms with E-state index in [-0.39, 0.29) is 11.1 Å². The molecule has 4 amide bonds. The minimum absolute atomic E-state index is 0.0518. The van der Waals surface area contributed by atoms with E-state index >= 15 is 0 Å². The molecule has 1 saturated heterocycles. The third-order valence-corrected chi connectivity index (χ3v) is 7.38. The van der Waals surface area contributed by atoms with E-state index in [0.717, 1.165) is 39.0 Å². The number of carbonyl (C=O) groups excluding carboxylic acids is 3. The third kappa shape index (κ3) is 4.06. The van der Waals surface area contributed by atoms with E-state index in [9.17, 15) is 14.4 Å². The number of benzene rings is 2. The van der Waals surface area contributed by atoms with Gasteiger partial charge in [-0.1, -0.05) is 22.9 Å². The topological polar surface area (TPSA) is 69.7 Å². The van der Waals surface area contributed by atoms with Crippen molar-refractivity contribution in [2.24, 2.45) is 0 Å². The number of nitrogens with zero attached hydrogens (tertiary/aromatic N) is 2. The summed E-state index contributed by atoms with van der Waals surface area (Å²) in [7, 11) is 0. The molecule has 4 rings (SSSR count). The van der Waals surface area contributed by atoms with Gasteiger partial charge >= 0.3 is 6.03 Å². The summed E-state index contributed by atoms with van der Waals surface area (Å²) in [6.07, 6.45) is 2.63. The molecular weight excluding hydrogens is 494 g/mol. The molecule has 2 aromatic rings. The highest BCUT2D eigenvalue weighted by Gasteiger charge is 2.38. The Labute approximate surface area is 209 Å². The molecule has 1 fully saturated rings. The van der Waals surface area contributed by atoms with Gasteiger partial charge in [-0.25, -0.2) is 9.69 Å². The summed E-state index contributed by atoms with van der Waals surface area (Å²) in [5.41, 5.74) is 5.37. The van der Waals surface area contributed by atoms with E-state index in [2.05, 4.69) is 66.0 Å². The monoisotopic (exact) mass is 523 g/mol. The van der Waals surface area contributed by atoms with Crippen molar-refractivity contribution in [3.63, 3.8) is 0 Å². The van der Waals surface area contributed by atoms with Crippen molar-refractivity contribution in [3.8, 4) is 0 Å². The van der Waals surface area contributed by atoms with E-state index in [1.54, 1.807) is 18.2 Å². The first kappa shape index (κ1) is 24.2. The Hall–Kier alpha value is -2.93. The zero-order chi connectivity index (χ0) is 24.9. The second-order valence-corrected chi connectivity index (χ2v) is 10.7. The van der Waals surface area contributed by atoms with Gasteiger partial charge in [0.1, 0.15) is 5.57 Å². The summed E-state index contributed by atoms with van der Waals surface area (Å²) in [5.74, 6) is -0.965. The molecule has 34 heavy (non-hydrogen) atoms. The molecule has 0 unspecified atom stereocenters. The molecule has 6 nitrogen and oxygen atoms in total. The van der Waals surface area contributed by atoms with Crippen LogP contribution in [0.4, 0.5) is 16.2 Å². The SMILES string of the molecule is CCN1c2cc(C)c(/C=C3\C(=O)NC(=O)N(c4ccc(Br)cc4C)C3=O)cc2[C@H](C)CC1(C)C. The van der Waals surface area contributed by atoms with Gasteiger partial charge in [-0.15, -0.1) is 0 Å². The fourth-order valence-corrected chi connectivity index (χ4v) is 5.78. The predicted octanol–water partition coefficient (Wildman–Crippen LogP) is 5.84. The fourth-order valence-electron chi connectivity index (χ4n) is 5.31. The normalized spacial score (nSPS) is 21.1. The minimum atomic E-state index is -0.742. The van der Waals surface area contributed by atoms with Crippen molar-refractivity contribution in [1.29, 1.82) is 0 Å². The number of nitrogens with one attached hydrogen (secondary N) is 1. The number of hydrogen-bond donors (Lipinski definition) is 1. The number of carbonyl (C=O) groups is 3. The van der Waals surface area contributed by atoms with Crippen LogP contribution in [0.3, 0.4) is 0 Å². The quantitative estimate of drug-likeness (QED) is 0.405. The van der Waals surface area contributed by atoms with Crippen LogP contribution in [0.25, 0.3) is 6.08 Å². The summed E-state index contributed by atoms with van der Waals surface area (Å²) in [6, 6.07) is 8.78. The largest absolute Gasteiger partial charge is 0.366 e. The highest BCUT2D eigenvalue weighted by atomic mass is 79.9. The predicted molar refractivity (Wildman–Crippen MR) is 139 cm³/mol. The lowest BCUT2D eigenvalue weighted by atomic mass is 9.79. The van der Waals surface area contributed by atoms with Crippen molar-refractivity contribution < 1.29 is 14.4 Å². The number of aryl methyl sites for hydroxylation is 2. The molecule has 0 aliphatic carbocycles. The maximum absolute atomic E-state index is 13.4. The summed E-state index contributed by atoms with van der Waals surface area (Å²) < 4.78 is 0.841. The molecule has 178 valence electrons. The van der Waals surface area contributed by atoms with E-state index in [0.29, 0.717) is 11.6 Å². The molecule has 0 bridgehead atoms. The number of hydrogen-bond acceptors (Lipinski definition) is 4. The molecule has 2 heterocycles. The molecule has 2 aliphatic rings. The Morgan fingerprint density at radius 3 is 2.44 bits per heavy atom. The molecule has 1 atom stereocenters. The molecule has 0 aromatic heterocycles. The van der Waals surface area contributed by atoms with E-state index in [4.69, 9.17) is 0 Å². The van der Waals surface area contributed by atoms with Gasteiger partial charge in [0, 0.05) is 22.2 Å². The second kappa shape index (κ2) is 8.69. The number of imide groups is 2. The second-order valence-electron chi connectivity index (χ2n) is 9.82. The van der Waals surface area contributed by atoms with Gasteiger partial charge < -0.3 is 4.90 Å². The number of rotatable bonds is 3. The smallest absolute Gasteiger partial charge is 0.335 e. The Bertz CT molecular complexity index is 1250. The van der Waals surface area contributed by atoms with Gasteiger partial charge in [0.05, 0.1) is 5.69 Å². The lowest BCUT2D eigenvalue weighted by Crippen LogP contribution is -2.54. The van der Waals surface area contributed by atoms with Crippen LogP contribution in [0, 0.1) is 13.8 Å². The highest BCUT2D eigenvalue weighted by molar-refractivity contribution is 9.10. The molecule has 1 N–H and O–H groups in total. The van der Waals surface area contributed by atoms with Crippen LogP contribution < -0.4 is 15.1 Å². The van der Waals surface area contributed by atoms with Gasteiger partial charge in [0.25, 0.3) is 11.8 Å². The van der Waals surface area contributed by atoms with Crippen LogP contribution >= 0.6 is 15.9 Å². The van der Waals surface area contributed by atoms with E-state index in [1.165, 1.54) is 11.3 Å². The van der Waals surface area contributed by atoms with Crippen molar-refractivity contribution in [2.45, 2.75) is 59.4 Å². The minimum Gasteiger partial charge on any atom is -0.366 e. The summed E-state index contributed by atoms with van der Waals surface area (Å²) >= 11 is 3.40. The van der Waals surface area contributed by atoms with Crippen molar-refractivity contribution in [3.05, 3.63) is 62.6 Å². The molecule has 2 aliphatic heterocycles. The van der Waals surface area contributed by atoms with E-state index in [1.807, 2.05) is 19.9 Å². The van der Waals surface area contributed by atoms with Crippen molar-refractivity contribution in [2.75, 3.05) is 16.3 Å². The Kier molecular flexibility index (Phi) is 6.19. The first-order valence-corrected chi connectivity index (χ1v) is 12.3. The van der Waals surface area contributed by atoms with Gasteiger partial charge in [0.2, 0.25) is 0 Å². The number of fused-ring (bicyclic) bond motifs is 1. The van der Waals surface area contributed by atoms with Crippen LogP contribution in [0.2, 0.25) is 0 Å². The maximum Gasteiger partial charge on any atom is 0.335 e. The van der Waals surface area contributed by atoms with Gasteiger partial charge in [0.15, 0.2) is 0 Å². The Morgan fingerprint density at radius 1 is 1.09 bits per heavy atom. The van der Waals surface area contributed by atoms with Crippen LogP contribution in [0.1, 0.15) is 62.3 Å².